The molecule has 0 saturated heterocycles. The molecule has 0 bridgehead atoms. The highest BCUT2D eigenvalue weighted by atomic mass is 79.9. The average Bonchev–Trinajstić information content (AvgIpc) is 2.61. The van der Waals surface area contributed by atoms with E-state index in [-0.39, 0.29) is 0 Å². The number of imidazole rings is 1. The molecular weight excluding hydrogens is 264 g/mol. The van der Waals surface area contributed by atoms with Crippen LogP contribution in [0.25, 0.3) is 16.6 Å². The molecule has 2 nitrogen and oxygen atoms in total. The summed E-state index contributed by atoms with van der Waals surface area (Å²) in [4.78, 5) is 4.39. The summed E-state index contributed by atoms with van der Waals surface area (Å²) < 4.78 is 3.15. The quantitative estimate of drug-likeness (QED) is 0.608. The predicted molar refractivity (Wildman–Crippen MR) is 69.9 cm³/mol. The first-order valence-electron chi connectivity index (χ1n) is 5.20. The molecular formula is C13H11BrN2. The largest absolute Gasteiger partial charge is 0.286 e. The Morgan fingerprint density at radius 2 is 2.00 bits per heavy atom. The normalized spacial score (nSPS) is 11.4. The molecule has 0 fully saturated rings. The monoisotopic (exact) mass is 274 g/mol. The maximum Gasteiger partial charge on any atom is 0.138 e. The van der Waals surface area contributed by atoms with Crippen molar-refractivity contribution >= 4 is 32.5 Å². The van der Waals surface area contributed by atoms with Crippen LogP contribution < -0.4 is 0 Å². The first-order chi connectivity index (χ1) is 7.68. The van der Waals surface area contributed by atoms with Gasteiger partial charge < -0.3 is 0 Å². The summed E-state index contributed by atoms with van der Waals surface area (Å²) in [6, 6.07) is 8.51. The van der Waals surface area contributed by atoms with Gasteiger partial charge in [0.2, 0.25) is 0 Å². The van der Waals surface area contributed by atoms with Crippen molar-refractivity contribution in [2.24, 2.45) is 0 Å². The van der Waals surface area contributed by atoms with Crippen LogP contribution in [0.2, 0.25) is 0 Å². The van der Waals surface area contributed by atoms with E-state index in [1.54, 1.807) is 0 Å². The second-order valence-corrected chi connectivity index (χ2v) is 4.89. The Morgan fingerprint density at radius 1 is 1.19 bits per heavy atom. The van der Waals surface area contributed by atoms with Crippen molar-refractivity contribution < 1.29 is 0 Å². The number of pyridine rings is 1. The molecule has 0 aliphatic heterocycles. The lowest BCUT2D eigenvalue weighted by atomic mass is 10.1. The first kappa shape index (κ1) is 9.85. The highest BCUT2D eigenvalue weighted by molar-refractivity contribution is 9.10. The van der Waals surface area contributed by atoms with E-state index >= 15 is 0 Å². The van der Waals surface area contributed by atoms with Crippen molar-refractivity contribution in [2.75, 3.05) is 0 Å². The Bertz CT molecular complexity index is 698. The minimum absolute atomic E-state index is 0.992. The second-order valence-electron chi connectivity index (χ2n) is 4.07. The Morgan fingerprint density at radius 3 is 2.81 bits per heavy atom. The zero-order valence-electron chi connectivity index (χ0n) is 9.16. The van der Waals surface area contributed by atoms with E-state index in [1.165, 1.54) is 22.0 Å². The number of aromatic nitrogens is 2. The second kappa shape index (κ2) is 3.32. The summed E-state index contributed by atoms with van der Waals surface area (Å²) in [5, 5.41) is 1.28. The van der Waals surface area contributed by atoms with E-state index in [0.717, 1.165) is 10.3 Å². The Labute approximate surface area is 102 Å². The van der Waals surface area contributed by atoms with Gasteiger partial charge in [0.15, 0.2) is 0 Å². The van der Waals surface area contributed by atoms with Crippen LogP contribution in [0.15, 0.2) is 35.1 Å². The molecule has 0 saturated carbocycles. The fraction of sp³-hybridized carbons (Fsp3) is 0.154. The number of hydrogen-bond acceptors (Lipinski definition) is 1. The van der Waals surface area contributed by atoms with Gasteiger partial charge >= 0.3 is 0 Å². The van der Waals surface area contributed by atoms with Gasteiger partial charge in [0.05, 0.1) is 11.7 Å². The molecule has 1 aromatic carbocycles. The summed E-state index contributed by atoms with van der Waals surface area (Å²) in [5.41, 5.74) is 4.77. The number of nitrogens with zero attached hydrogens (tertiary/aromatic N) is 2. The third kappa shape index (κ3) is 1.21. The minimum atomic E-state index is 0.992. The third-order valence-corrected chi connectivity index (χ3v) is 3.54. The molecule has 80 valence electrons. The van der Waals surface area contributed by atoms with E-state index in [2.05, 4.69) is 63.4 Å². The van der Waals surface area contributed by atoms with Gasteiger partial charge in [0.1, 0.15) is 10.3 Å². The van der Waals surface area contributed by atoms with Gasteiger partial charge in [0.25, 0.3) is 0 Å². The Kier molecular flexibility index (Phi) is 2.04. The lowest BCUT2D eigenvalue weighted by Crippen LogP contribution is -1.93. The molecule has 3 rings (SSSR count). The standard InChI is InChI=1S/C13H11BrN2/c1-8-4-3-5-10-9(2)6-12-15-7-11(14)16(12)13(8)10/h3-7H,1-2H3. The van der Waals surface area contributed by atoms with Gasteiger partial charge in [-0.15, -0.1) is 0 Å². The zero-order chi connectivity index (χ0) is 11.3. The van der Waals surface area contributed by atoms with Crippen molar-refractivity contribution in [3.63, 3.8) is 0 Å². The number of hydrogen-bond donors (Lipinski definition) is 0. The van der Waals surface area contributed by atoms with Crippen molar-refractivity contribution in [2.45, 2.75) is 13.8 Å². The third-order valence-electron chi connectivity index (χ3n) is 2.98. The van der Waals surface area contributed by atoms with Gasteiger partial charge in [-0.25, -0.2) is 4.98 Å². The van der Waals surface area contributed by atoms with Crippen molar-refractivity contribution in [3.05, 3.63) is 46.2 Å². The van der Waals surface area contributed by atoms with Crippen LogP contribution in [-0.2, 0) is 0 Å². The molecule has 3 heteroatoms. The molecule has 0 atom stereocenters. The Balaban J connectivity index is 2.71. The van der Waals surface area contributed by atoms with Crippen LogP contribution in [0.5, 0.6) is 0 Å². The van der Waals surface area contributed by atoms with Crippen molar-refractivity contribution in [3.8, 4) is 0 Å². The fourth-order valence-corrected chi connectivity index (χ4v) is 2.67. The van der Waals surface area contributed by atoms with Gasteiger partial charge in [-0.05, 0) is 47.0 Å². The molecule has 0 unspecified atom stereocenters. The molecule has 0 aliphatic carbocycles. The van der Waals surface area contributed by atoms with Crippen molar-refractivity contribution in [1.29, 1.82) is 0 Å². The summed E-state index contributed by atoms with van der Waals surface area (Å²) in [7, 11) is 0. The van der Waals surface area contributed by atoms with Gasteiger partial charge in [-0.1, -0.05) is 18.2 Å². The molecule has 0 aliphatic rings. The van der Waals surface area contributed by atoms with Gasteiger partial charge in [-0.2, -0.15) is 0 Å². The van der Waals surface area contributed by atoms with E-state index < -0.39 is 0 Å². The number of fused-ring (bicyclic) bond motifs is 3. The number of rotatable bonds is 0. The number of para-hydroxylation sites is 1. The Hall–Kier alpha value is -1.35. The van der Waals surface area contributed by atoms with Crippen LogP contribution in [-0.4, -0.2) is 9.38 Å². The molecule has 0 amide bonds. The topological polar surface area (TPSA) is 17.3 Å². The van der Waals surface area contributed by atoms with E-state index in [1.807, 2.05) is 6.20 Å². The lowest BCUT2D eigenvalue weighted by molar-refractivity contribution is 1.19. The van der Waals surface area contributed by atoms with Crippen molar-refractivity contribution in [1.82, 2.24) is 9.38 Å². The van der Waals surface area contributed by atoms with Crippen LogP contribution >= 0.6 is 15.9 Å². The lowest BCUT2D eigenvalue weighted by Gasteiger charge is -2.09. The zero-order valence-corrected chi connectivity index (χ0v) is 10.7. The summed E-state index contributed by atoms with van der Waals surface area (Å²) in [6.45, 7) is 4.26. The number of aryl methyl sites for hydroxylation is 2. The SMILES string of the molecule is Cc1cc2ncc(Br)n2c2c(C)cccc12. The van der Waals surface area contributed by atoms with E-state index in [4.69, 9.17) is 0 Å². The number of halogens is 1. The summed E-state index contributed by atoms with van der Waals surface area (Å²) >= 11 is 3.55. The molecule has 2 aromatic heterocycles. The van der Waals surface area contributed by atoms with Crippen LogP contribution in [0.4, 0.5) is 0 Å². The van der Waals surface area contributed by atoms with Crippen LogP contribution in [0, 0.1) is 13.8 Å². The van der Waals surface area contributed by atoms with Crippen LogP contribution in [0.1, 0.15) is 11.1 Å². The summed E-state index contributed by atoms with van der Waals surface area (Å²) in [6.07, 6.45) is 1.85. The maximum atomic E-state index is 4.39. The molecule has 16 heavy (non-hydrogen) atoms. The fourth-order valence-electron chi connectivity index (χ4n) is 2.21. The van der Waals surface area contributed by atoms with Crippen LogP contribution in [0.3, 0.4) is 0 Å². The smallest absolute Gasteiger partial charge is 0.138 e. The predicted octanol–water partition coefficient (Wildman–Crippen LogP) is 3.87. The van der Waals surface area contributed by atoms with E-state index in [0.29, 0.717) is 0 Å². The number of benzene rings is 1. The molecule has 0 spiro atoms. The highest BCUT2D eigenvalue weighted by Crippen LogP contribution is 2.26. The maximum absolute atomic E-state index is 4.39. The average molecular weight is 275 g/mol. The molecule has 0 radical (unpaired) electrons. The van der Waals surface area contributed by atoms with Gasteiger partial charge in [-0.3, -0.25) is 4.40 Å². The summed E-state index contributed by atoms with van der Waals surface area (Å²) in [5.74, 6) is 0. The molecule has 2 heterocycles. The molecule has 0 N–H and O–H groups in total. The highest BCUT2D eigenvalue weighted by Gasteiger charge is 2.09. The van der Waals surface area contributed by atoms with E-state index in [9.17, 15) is 0 Å². The first-order valence-corrected chi connectivity index (χ1v) is 5.99. The molecule has 3 aromatic rings. The minimum Gasteiger partial charge on any atom is -0.286 e. The van der Waals surface area contributed by atoms with Gasteiger partial charge in [0, 0.05) is 5.39 Å².